The predicted molar refractivity (Wildman–Crippen MR) is 108 cm³/mol. The molecule has 1 aliphatic heterocycles. The van der Waals surface area contributed by atoms with Crippen molar-refractivity contribution in [3.63, 3.8) is 0 Å². The molecule has 0 bridgehead atoms. The van der Waals surface area contributed by atoms with Gasteiger partial charge < -0.3 is 10.2 Å². The van der Waals surface area contributed by atoms with Crippen molar-refractivity contribution in [2.75, 3.05) is 13.1 Å². The first-order chi connectivity index (χ1) is 13.3. The molecular formula is C23H27FN2O2. The Kier molecular flexibility index (Phi) is 5.82. The number of hydrogen-bond donors (Lipinski definition) is 1. The number of halogens is 1. The molecule has 1 atom stereocenters. The van der Waals surface area contributed by atoms with Gasteiger partial charge in [0, 0.05) is 31.6 Å². The van der Waals surface area contributed by atoms with Crippen molar-refractivity contribution in [1.29, 1.82) is 0 Å². The van der Waals surface area contributed by atoms with Crippen LogP contribution in [0.2, 0.25) is 0 Å². The second-order valence-electron chi connectivity index (χ2n) is 7.91. The Morgan fingerprint density at radius 2 is 1.75 bits per heavy atom. The molecule has 4 nitrogen and oxygen atoms in total. The number of amides is 2. The van der Waals surface area contributed by atoms with E-state index >= 15 is 0 Å². The molecule has 2 amide bonds. The summed E-state index contributed by atoms with van der Waals surface area (Å²) in [6.07, 6.45) is 1.05. The van der Waals surface area contributed by atoms with Crippen LogP contribution >= 0.6 is 0 Å². The largest absolute Gasteiger partial charge is 0.353 e. The summed E-state index contributed by atoms with van der Waals surface area (Å²) in [4.78, 5) is 26.8. The van der Waals surface area contributed by atoms with Gasteiger partial charge in [0.2, 0.25) is 11.8 Å². The number of nitrogens with one attached hydrogen (secondary N) is 1. The van der Waals surface area contributed by atoms with Crippen molar-refractivity contribution >= 4 is 11.8 Å². The van der Waals surface area contributed by atoms with E-state index in [0.717, 1.165) is 11.1 Å². The summed E-state index contributed by atoms with van der Waals surface area (Å²) < 4.78 is 14.4. The predicted octanol–water partition coefficient (Wildman–Crippen LogP) is 3.80. The van der Waals surface area contributed by atoms with E-state index < -0.39 is 5.41 Å². The topological polar surface area (TPSA) is 49.4 Å². The molecule has 2 aromatic rings. The molecule has 1 aliphatic rings. The van der Waals surface area contributed by atoms with Crippen LogP contribution in [0.4, 0.5) is 4.39 Å². The van der Waals surface area contributed by atoms with Gasteiger partial charge in [-0.05, 0) is 43.9 Å². The third kappa shape index (κ3) is 4.08. The Morgan fingerprint density at radius 1 is 1.11 bits per heavy atom. The average molecular weight is 382 g/mol. The van der Waals surface area contributed by atoms with E-state index in [1.54, 1.807) is 17.0 Å². The zero-order chi connectivity index (χ0) is 20.3. The number of carbonyl (C=O) groups is 2. The molecule has 2 aromatic carbocycles. The lowest BCUT2D eigenvalue weighted by atomic mass is 9.78. The first-order valence-electron chi connectivity index (χ1n) is 9.72. The number of hydrogen-bond acceptors (Lipinski definition) is 2. The maximum Gasteiger partial charge on any atom is 0.228 e. The third-order valence-electron chi connectivity index (χ3n) is 5.41. The monoisotopic (exact) mass is 382 g/mol. The minimum atomic E-state index is -0.711. The molecule has 0 spiro atoms. The number of rotatable bonds is 5. The molecule has 1 heterocycles. The number of carbonyl (C=O) groups excluding carboxylic acids is 2. The standard InChI is InChI=1S/C23H27FN2O2/c1-16(2)25-22(28)23(12-13-26(15-23)17(3)27)14-18-8-4-5-9-19(18)20-10-6-7-11-21(20)24/h4-11,16H,12-15H2,1-3H3,(H,25,28)/t23-/m1/s1. The van der Waals surface area contributed by atoms with Crippen LogP contribution in [0, 0.1) is 11.2 Å². The molecule has 3 rings (SSSR count). The van der Waals surface area contributed by atoms with Gasteiger partial charge in [0.15, 0.2) is 0 Å². The quantitative estimate of drug-likeness (QED) is 0.855. The normalized spacial score (nSPS) is 19.1. The van der Waals surface area contributed by atoms with Gasteiger partial charge in [0.1, 0.15) is 5.82 Å². The lowest BCUT2D eigenvalue weighted by Gasteiger charge is -2.30. The number of likely N-dealkylation sites (tertiary alicyclic amines) is 1. The molecule has 0 unspecified atom stereocenters. The Bertz CT molecular complexity index is 880. The summed E-state index contributed by atoms with van der Waals surface area (Å²) in [5.74, 6) is -0.358. The third-order valence-corrected chi connectivity index (χ3v) is 5.41. The summed E-state index contributed by atoms with van der Waals surface area (Å²) in [7, 11) is 0. The zero-order valence-electron chi connectivity index (χ0n) is 16.7. The van der Waals surface area contributed by atoms with Gasteiger partial charge in [-0.2, -0.15) is 0 Å². The van der Waals surface area contributed by atoms with Gasteiger partial charge >= 0.3 is 0 Å². The molecule has 28 heavy (non-hydrogen) atoms. The van der Waals surface area contributed by atoms with Crippen molar-refractivity contribution < 1.29 is 14.0 Å². The van der Waals surface area contributed by atoms with Gasteiger partial charge in [-0.25, -0.2) is 4.39 Å². The van der Waals surface area contributed by atoms with E-state index in [2.05, 4.69) is 5.32 Å². The highest BCUT2D eigenvalue weighted by Crippen LogP contribution is 2.38. The Morgan fingerprint density at radius 3 is 2.36 bits per heavy atom. The highest BCUT2D eigenvalue weighted by atomic mass is 19.1. The molecule has 5 heteroatoms. The van der Waals surface area contributed by atoms with Crippen LogP contribution in [-0.2, 0) is 16.0 Å². The lowest BCUT2D eigenvalue weighted by molar-refractivity contribution is -0.132. The van der Waals surface area contributed by atoms with Crippen LogP contribution in [0.3, 0.4) is 0 Å². The Labute approximate surface area is 165 Å². The molecule has 0 saturated carbocycles. The van der Waals surface area contributed by atoms with Crippen molar-refractivity contribution in [2.24, 2.45) is 5.41 Å². The van der Waals surface area contributed by atoms with Gasteiger partial charge in [-0.3, -0.25) is 9.59 Å². The molecule has 0 aromatic heterocycles. The van der Waals surface area contributed by atoms with Gasteiger partial charge in [-0.15, -0.1) is 0 Å². The van der Waals surface area contributed by atoms with Crippen LogP contribution in [0.1, 0.15) is 32.8 Å². The number of benzene rings is 2. The minimum absolute atomic E-state index is 0.0116. The van der Waals surface area contributed by atoms with E-state index in [1.165, 1.54) is 13.0 Å². The molecule has 1 N–H and O–H groups in total. The van der Waals surface area contributed by atoms with E-state index in [9.17, 15) is 14.0 Å². The van der Waals surface area contributed by atoms with Gasteiger partial charge in [0.05, 0.1) is 5.41 Å². The van der Waals surface area contributed by atoms with Crippen LogP contribution < -0.4 is 5.32 Å². The summed E-state index contributed by atoms with van der Waals surface area (Å²) in [5, 5.41) is 3.02. The van der Waals surface area contributed by atoms with E-state index in [1.807, 2.05) is 44.2 Å². The maximum absolute atomic E-state index is 14.4. The fourth-order valence-corrected chi connectivity index (χ4v) is 3.95. The summed E-state index contributed by atoms with van der Waals surface area (Å²) >= 11 is 0. The van der Waals surface area contributed by atoms with Crippen LogP contribution in [0.15, 0.2) is 48.5 Å². The molecule has 148 valence electrons. The van der Waals surface area contributed by atoms with Gasteiger partial charge in [0.25, 0.3) is 0 Å². The number of nitrogens with zero attached hydrogens (tertiary/aromatic N) is 1. The summed E-state index contributed by atoms with van der Waals surface area (Å²) in [5.41, 5.74) is 1.52. The Hall–Kier alpha value is -2.69. The molecule has 1 saturated heterocycles. The average Bonchev–Trinajstić information content (AvgIpc) is 3.08. The van der Waals surface area contributed by atoms with Crippen molar-refractivity contribution in [2.45, 2.75) is 39.7 Å². The van der Waals surface area contributed by atoms with Crippen LogP contribution in [-0.4, -0.2) is 35.8 Å². The highest BCUT2D eigenvalue weighted by molar-refractivity contribution is 5.86. The van der Waals surface area contributed by atoms with E-state index in [0.29, 0.717) is 31.5 Å². The van der Waals surface area contributed by atoms with Crippen molar-refractivity contribution in [3.8, 4) is 11.1 Å². The SMILES string of the molecule is CC(=O)N1CC[C@](Cc2ccccc2-c2ccccc2F)(C(=O)NC(C)C)C1. The Balaban J connectivity index is 2.00. The zero-order valence-corrected chi connectivity index (χ0v) is 16.7. The fourth-order valence-electron chi connectivity index (χ4n) is 3.95. The van der Waals surface area contributed by atoms with Crippen molar-refractivity contribution in [3.05, 3.63) is 59.9 Å². The van der Waals surface area contributed by atoms with Crippen molar-refractivity contribution in [1.82, 2.24) is 10.2 Å². The van der Waals surface area contributed by atoms with E-state index in [4.69, 9.17) is 0 Å². The molecular weight excluding hydrogens is 355 g/mol. The minimum Gasteiger partial charge on any atom is -0.353 e. The van der Waals surface area contributed by atoms with E-state index in [-0.39, 0.29) is 23.7 Å². The second kappa shape index (κ2) is 8.13. The highest BCUT2D eigenvalue weighted by Gasteiger charge is 2.45. The van der Waals surface area contributed by atoms with Crippen LogP contribution in [0.5, 0.6) is 0 Å². The summed E-state index contributed by atoms with van der Waals surface area (Å²) in [6, 6.07) is 14.3. The first-order valence-corrected chi connectivity index (χ1v) is 9.72. The smallest absolute Gasteiger partial charge is 0.228 e. The molecule has 0 radical (unpaired) electrons. The fraction of sp³-hybridized carbons (Fsp3) is 0.391. The molecule has 1 fully saturated rings. The maximum atomic E-state index is 14.4. The second-order valence-corrected chi connectivity index (χ2v) is 7.91. The first kappa shape index (κ1) is 20.1. The van der Waals surface area contributed by atoms with Crippen LogP contribution in [0.25, 0.3) is 11.1 Å². The lowest BCUT2D eigenvalue weighted by Crippen LogP contribution is -2.47. The molecule has 0 aliphatic carbocycles. The summed E-state index contributed by atoms with van der Waals surface area (Å²) in [6.45, 7) is 6.33. The van der Waals surface area contributed by atoms with Gasteiger partial charge in [-0.1, -0.05) is 42.5 Å².